The number of halogens is 2. The Balaban J connectivity index is 1.88. The molecule has 9 heavy (non-hydrogen) atoms. The van der Waals surface area contributed by atoms with E-state index >= 15 is 0 Å². The lowest BCUT2D eigenvalue weighted by atomic mass is 10.1. The van der Waals surface area contributed by atoms with Crippen LogP contribution < -0.4 is 0 Å². The van der Waals surface area contributed by atoms with Crippen LogP contribution in [-0.4, -0.2) is 5.13 Å². The zero-order valence-corrected chi connectivity index (χ0v) is 5.48. The second-order valence-corrected chi connectivity index (χ2v) is 4.61. The summed E-state index contributed by atoms with van der Waals surface area (Å²) >= 11 is 5.58. The van der Waals surface area contributed by atoms with Crippen molar-refractivity contribution in [3.8, 4) is 0 Å². The minimum atomic E-state index is -1.22. The van der Waals surface area contributed by atoms with Gasteiger partial charge in [-0.05, 0) is 23.7 Å². The highest BCUT2D eigenvalue weighted by atomic mass is 35.5. The molecular weight excluding hydrogens is 139 g/mol. The Morgan fingerprint density at radius 1 is 1.00 bits per heavy atom. The molecule has 0 heterocycles. The van der Waals surface area contributed by atoms with E-state index in [4.69, 9.17) is 11.6 Å². The lowest BCUT2D eigenvalue weighted by Gasteiger charge is -2.06. The summed E-state index contributed by atoms with van der Waals surface area (Å²) in [6, 6.07) is 0. The van der Waals surface area contributed by atoms with E-state index in [1.54, 1.807) is 0 Å². The van der Waals surface area contributed by atoms with Crippen LogP contribution >= 0.6 is 11.6 Å². The molecule has 48 valence electrons. The van der Waals surface area contributed by atoms with Gasteiger partial charge in [0.05, 0.1) is 0 Å². The van der Waals surface area contributed by atoms with E-state index in [1.165, 1.54) is 0 Å². The quantitative estimate of drug-likeness (QED) is 0.454. The second-order valence-electron chi connectivity index (χ2n) is 4.04. The first-order valence-corrected chi connectivity index (χ1v) is 4.00. The third kappa shape index (κ3) is 0.218. The standard InChI is InChI=1S/C7H6ClF/c8-7(9)5-3-1-2(3)4(1)6(5)7/h1-6H/t1?,2?,3?,4?,5-,6+,7?. The minimum Gasteiger partial charge on any atom is -0.226 e. The highest BCUT2D eigenvalue weighted by Crippen LogP contribution is 2.96. The minimum absolute atomic E-state index is 0.305. The van der Waals surface area contributed by atoms with Gasteiger partial charge in [-0.25, -0.2) is 4.39 Å². The van der Waals surface area contributed by atoms with Crippen LogP contribution in [0.15, 0.2) is 0 Å². The van der Waals surface area contributed by atoms with E-state index in [-0.39, 0.29) is 0 Å². The molecule has 0 aliphatic heterocycles. The van der Waals surface area contributed by atoms with Gasteiger partial charge in [0.1, 0.15) is 0 Å². The summed E-state index contributed by atoms with van der Waals surface area (Å²) in [5.41, 5.74) is 0. The van der Waals surface area contributed by atoms with Crippen molar-refractivity contribution < 1.29 is 4.39 Å². The van der Waals surface area contributed by atoms with Gasteiger partial charge >= 0.3 is 0 Å². The van der Waals surface area contributed by atoms with Crippen molar-refractivity contribution >= 4 is 11.6 Å². The molecule has 0 amide bonds. The Morgan fingerprint density at radius 2 is 1.44 bits per heavy atom. The second kappa shape index (κ2) is 0.730. The fourth-order valence-corrected chi connectivity index (χ4v) is 3.96. The van der Waals surface area contributed by atoms with Gasteiger partial charge in [0, 0.05) is 11.8 Å². The van der Waals surface area contributed by atoms with Crippen LogP contribution in [0.4, 0.5) is 4.39 Å². The Bertz CT molecular complexity index is 195. The molecule has 0 N–H and O–H groups in total. The van der Waals surface area contributed by atoms with Crippen LogP contribution in [-0.2, 0) is 0 Å². The molecule has 5 atom stereocenters. The van der Waals surface area contributed by atoms with Crippen LogP contribution in [0.3, 0.4) is 0 Å². The fourth-order valence-electron chi connectivity index (χ4n) is 3.46. The Hall–Kier alpha value is 0.220. The molecule has 0 saturated heterocycles. The van der Waals surface area contributed by atoms with Crippen molar-refractivity contribution in [2.75, 3.05) is 0 Å². The van der Waals surface area contributed by atoms with Gasteiger partial charge < -0.3 is 0 Å². The summed E-state index contributed by atoms with van der Waals surface area (Å²) in [5, 5.41) is -1.22. The first-order valence-electron chi connectivity index (χ1n) is 3.62. The van der Waals surface area contributed by atoms with Gasteiger partial charge in [0.15, 0.2) is 5.13 Å². The van der Waals surface area contributed by atoms with E-state index in [9.17, 15) is 4.39 Å². The van der Waals surface area contributed by atoms with E-state index in [0.717, 1.165) is 23.7 Å². The fraction of sp³-hybridized carbons (Fsp3) is 1.00. The Kier molecular flexibility index (Phi) is 0.339. The van der Waals surface area contributed by atoms with E-state index in [1.807, 2.05) is 0 Å². The van der Waals surface area contributed by atoms with Crippen molar-refractivity contribution in [2.24, 2.45) is 35.5 Å². The van der Waals surface area contributed by atoms with Crippen molar-refractivity contribution in [3.63, 3.8) is 0 Å². The third-order valence-corrected chi connectivity index (χ3v) is 4.44. The molecule has 0 aromatic heterocycles. The zero-order chi connectivity index (χ0) is 5.96. The highest BCUT2D eigenvalue weighted by Gasteiger charge is 2.97. The number of alkyl halides is 2. The Labute approximate surface area is 57.4 Å². The van der Waals surface area contributed by atoms with Crippen LogP contribution in [0.1, 0.15) is 0 Å². The van der Waals surface area contributed by atoms with Crippen molar-refractivity contribution in [1.29, 1.82) is 0 Å². The summed E-state index contributed by atoms with van der Waals surface area (Å²) < 4.78 is 13.0. The molecule has 5 aliphatic carbocycles. The van der Waals surface area contributed by atoms with Gasteiger partial charge in [-0.2, -0.15) is 0 Å². The first-order chi connectivity index (χ1) is 4.24. The molecule has 0 nitrogen and oxygen atoms in total. The molecule has 2 heteroatoms. The van der Waals surface area contributed by atoms with Gasteiger partial charge in [0.2, 0.25) is 0 Å². The van der Waals surface area contributed by atoms with Crippen LogP contribution in [0.5, 0.6) is 0 Å². The molecule has 0 aromatic rings. The highest BCUT2D eigenvalue weighted by molar-refractivity contribution is 6.25. The smallest absolute Gasteiger partial charge is 0.190 e. The van der Waals surface area contributed by atoms with E-state index in [2.05, 4.69) is 0 Å². The summed E-state index contributed by atoms with van der Waals surface area (Å²) in [6.07, 6.45) is 0. The summed E-state index contributed by atoms with van der Waals surface area (Å²) in [4.78, 5) is 0. The van der Waals surface area contributed by atoms with E-state index in [0.29, 0.717) is 11.8 Å². The summed E-state index contributed by atoms with van der Waals surface area (Å²) in [7, 11) is 0. The predicted molar refractivity (Wildman–Crippen MR) is 30.6 cm³/mol. The topological polar surface area (TPSA) is 0 Å². The average Bonchev–Trinajstić information content (AvgIpc) is 2.60. The van der Waals surface area contributed by atoms with Gasteiger partial charge in [-0.15, -0.1) is 0 Å². The van der Waals surface area contributed by atoms with Gasteiger partial charge in [0.25, 0.3) is 0 Å². The molecular formula is C7H6ClF. The number of hydrogen-bond acceptors (Lipinski definition) is 0. The average molecular weight is 145 g/mol. The largest absolute Gasteiger partial charge is 0.226 e. The van der Waals surface area contributed by atoms with Crippen LogP contribution in [0.2, 0.25) is 0 Å². The lowest BCUT2D eigenvalue weighted by molar-refractivity contribution is 0.300. The SMILES string of the molecule is FC1(Cl)[C@@H]2C3C4C3C4[C@@H]21. The predicted octanol–water partition coefficient (Wildman–Crippen LogP) is 1.64. The molecule has 5 saturated carbocycles. The molecule has 0 aromatic carbocycles. The summed E-state index contributed by atoms with van der Waals surface area (Å²) in [5.74, 6) is 4.04. The van der Waals surface area contributed by atoms with Crippen molar-refractivity contribution in [3.05, 3.63) is 0 Å². The molecule has 5 fully saturated rings. The normalized spacial score (nSPS) is 94.0. The molecule has 5 rings (SSSR count). The molecule has 3 unspecified atom stereocenters. The monoisotopic (exact) mass is 144 g/mol. The van der Waals surface area contributed by atoms with Crippen molar-refractivity contribution in [1.82, 2.24) is 0 Å². The first kappa shape index (κ1) is 4.17. The lowest BCUT2D eigenvalue weighted by Crippen LogP contribution is -2.08. The molecule has 0 spiro atoms. The van der Waals surface area contributed by atoms with E-state index < -0.39 is 5.13 Å². The molecule has 0 radical (unpaired) electrons. The zero-order valence-electron chi connectivity index (χ0n) is 4.72. The maximum atomic E-state index is 13.0. The summed E-state index contributed by atoms with van der Waals surface area (Å²) in [6.45, 7) is 0. The molecule has 5 aliphatic rings. The number of rotatable bonds is 0. The maximum Gasteiger partial charge on any atom is 0.190 e. The van der Waals surface area contributed by atoms with Gasteiger partial charge in [-0.1, -0.05) is 11.6 Å². The number of hydrogen-bond donors (Lipinski definition) is 0. The van der Waals surface area contributed by atoms with Crippen LogP contribution in [0.25, 0.3) is 0 Å². The van der Waals surface area contributed by atoms with Crippen molar-refractivity contribution in [2.45, 2.75) is 5.13 Å². The molecule has 2 bridgehead atoms. The van der Waals surface area contributed by atoms with Gasteiger partial charge in [-0.3, -0.25) is 0 Å². The third-order valence-electron chi connectivity index (χ3n) is 3.94. The van der Waals surface area contributed by atoms with Crippen LogP contribution in [0, 0.1) is 35.5 Å². The Morgan fingerprint density at radius 3 is 1.78 bits per heavy atom. The maximum absolute atomic E-state index is 13.0.